The standard InChI is InChI=1S/C28H29F3N2O2S/c1-16-8-7-9-17(14-16)24(34)33-26-23(19-13-12-18(27(2,3)4)15-22(19)36-26)25(35)32-21-11-6-5-10-20(21)28(29,30)31/h5-11,14,18H,12-13,15H2,1-4H3,(H,32,35)(H,33,34). The van der Waals surface area contributed by atoms with E-state index in [1.54, 1.807) is 18.2 Å². The van der Waals surface area contributed by atoms with Crippen LogP contribution in [-0.2, 0) is 19.0 Å². The number of thiophene rings is 1. The van der Waals surface area contributed by atoms with E-state index in [1.165, 1.54) is 29.5 Å². The molecule has 2 aromatic carbocycles. The van der Waals surface area contributed by atoms with Crippen LogP contribution in [0.2, 0.25) is 0 Å². The van der Waals surface area contributed by atoms with E-state index in [9.17, 15) is 22.8 Å². The Hall–Kier alpha value is -3.13. The Bertz CT molecular complexity index is 1300. The molecule has 0 saturated carbocycles. The van der Waals surface area contributed by atoms with Gasteiger partial charge in [-0.15, -0.1) is 11.3 Å². The highest BCUT2D eigenvalue weighted by Crippen LogP contribution is 2.45. The van der Waals surface area contributed by atoms with Crippen molar-refractivity contribution >= 4 is 33.8 Å². The van der Waals surface area contributed by atoms with Crippen molar-refractivity contribution in [2.24, 2.45) is 11.3 Å². The van der Waals surface area contributed by atoms with Gasteiger partial charge in [-0.1, -0.05) is 50.6 Å². The second-order valence-corrected chi connectivity index (χ2v) is 11.4. The molecule has 0 aliphatic heterocycles. The fourth-order valence-corrected chi connectivity index (χ4v) is 5.96. The number of carbonyl (C=O) groups is 2. The smallest absolute Gasteiger partial charge is 0.321 e. The van der Waals surface area contributed by atoms with Crippen molar-refractivity contribution in [2.75, 3.05) is 10.6 Å². The van der Waals surface area contributed by atoms with Crippen molar-refractivity contribution in [3.63, 3.8) is 0 Å². The Kier molecular flexibility index (Phi) is 7.01. The van der Waals surface area contributed by atoms with Crippen LogP contribution in [0.3, 0.4) is 0 Å². The van der Waals surface area contributed by atoms with Gasteiger partial charge in [0.05, 0.1) is 16.8 Å². The average molecular weight is 515 g/mol. The lowest BCUT2D eigenvalue weighted by Crippen LogP contribution is -2.27. The summed E-state index contributed by atoms with van der Waals surface area (Å²) in [4.78, 5) is 27.5. The number of rotatable bonds is 4. The third kappa shape index (κ3) is 5.48. The minimum absolute atomic E-state index is 0.0702. The van der Waals surface area contributed by atoms with Crippen LogP contribution in [0, 0.1) is 18.3 Å². The summed E-state index contributed by atoms with van der Waals surface area (Å²) in [6.45, 7) is 8.42. The molecule has 0 saturated heterocycles. The molecule has 1 unspecified atom stereocenters. The first-order valence-electron chi connectivity index (χ1n) is 11.8. The van der Waals surface area contributed by atoms with Crippen molar-refractivity contribution < 1.29 is 22.8 Å². The van der Waals surface area contributed by atoms with E-state index in [-0.39, 0.29) is 22.6 Å². The van der Waals surface area contributed by atoms with Crippen LogP contribution >= 0.6 is 11.3 Å². The molecule has 2 N–H and O–H groups in total. The van der Waals surface area contributed by atoms with Crippen LogP contribution in [0.4, 0.5) is 23.9 Å². The number of para-hydroxylation sites is 1. The molecule has 36 heavy (non-hydrogen) atoms. The van der Waals surface area contributed by atoms with E-state index in [0.717, 1.165) is 34.9 Å². The van der Waals surface area contributed by atoms with Crippen LogP contribution < -0.4 is 10.6 Å². The lowest BCUT2D eigenvalue weighted by molar-refractivity contribution is -0.136. The number of fused-ring (bicyclic) bond motifs is 1. The first-order valence-corrected chi connectivity index (χ1v) is 12.7. The highest BCUT2D eigenvalue weighted by atomic mass is 32.1. The predicted octanol–water partition coefficient (Wildman–Crippen LogP) is 7.73. The monoisotopic (exact) mass is 514 g/mol. The van der Waals surface area contributed by atoms with Gasteiger partial charge in [0, 0.05) is 10.4 Å². The number of hydrogen-bond acceptors (Lipinski definition) is 3. The number of benzene rings is 2. The number of amides is 2. The molecule has 8 heteroatoms. The second kappa shape index (κ2) is 9.73. The number of nitrogens with one attached hydrogen (secondary N) is 2. The second-order valence-electron chi connectivity index (χ2n) is 10.3. The summed E-state index contributed by atoms with van der Waals surface area (Å²) >= 11 is 1.34. The number of anilines is 2. The summed E-state index contributed by atoms with van der Waals surface area (Å²) in [6, 6.07) is 12.0. The van der Waals surface area contributed by atoms with Crippen molar-refractivity contribution in [3.05, 3.63) is 81.2 Å². The summed E-state index contributed by atoms with van der Waals surface area (Å²) in [5.74, 6) is -0.627. The number of carbonyl (C=O) groups excluding carboxylic acids is 2. The van der Waals surface area contributed by atoms with E-state index in [2.05, 4.69) is 31.4 Å². The quantitative estimate of drug-likeness (QED) is 0.374. The van der Waals surface area contributed by atoms with Gasteiger partial charge in [-0.25, -0.2) is 0 Å². The van der Waals surface area contributed by atoms with Gasteiger partial charge >= 0.3 is 6.18 Å². The fraction of sp³-hybridized carbons (Fsp3) is 0.357. The van der Waals surface area contributed by atoms with Gasteiger partial charge in [0.1, 0.15) is 5.00 Å². The summed E-state index contributed by atoms with van der Waals surface area (Å²) in [5.41, 5.74) is 1.27. The van der Waals surface area contributed by atoms with Crippen molar-refractivity contribution in [2.45, 2.75) is 53.1 Å². The SMILES string of the molecule is Cc1cccc(C(=O)Nc2sc3c(c2C(=O)Nc2ccccc2C(F)(F)F)CCC(C(C)(C)C)C3)c1. The number of alkyl halides is 3. The molecule has 190 valence electrons. The lowest BCUT2D eigenvalue weighted by Gasteiger charge is -2.33. The normalized spacial score (nSPS) is 15.8. The molecule has 2 amide bonds. The molecular weight excluding hydrogens is 485 g/mol. The van der Waals surface area contributed by atoms with Gasteiger partial charge in [-0.2, -0.15) is 13.2 Å². The molecule has 0 fully saturated rings. The number of aryl methyl sites for hydroxylation is 1. The summed E-state index contributed by atoms with van der Waals surface area (Å²) in [5, 5.41) is 5.71. The molecule has 4 rings (SSSR count). The zero-order chi connectivity index (χ0) is 26.3. The highest BCUT2D eigenvalue weighted by molar-refractivity contribution is 7.17. The summed E-state index contributed by atoms with van der Waals surface area (Å²) in [7, 11) is 0. The molecule has 0 bridgehead atoms. The maximum absolute atomic E-state index is 13.5. The molecular formula is C28H29F3N2O2S. The van der Waals surface area contributed by atoms with Gasteiger partial charge in [0.15, 0.2) is 0 Å². The van der Waals surface area contributed by atoms with Gasteiger partial charge in [0.25, 0.3) is 11.8 Å². The molecule has 3 aromatic rings. The van der Waals surface area contributed by atoms with Crippen LogP contribution in [0.1, 0.15) is 69.5 Å². The van der Waals surface area contributed by atoms with Gasteiger partial charge in [-0.05, 0) is 67.3 Å². The predicted molar refractivity (Wildman–Crippen MR) is 138 cm³/mol. The van der Waals surface area contributed by atoms with Crippen LogP contribution in [0.25, 0.3) is 0 Å². The topological polar surface area (TPSA) is 58.2 Å². The minimum atomic E-state index is -4.61. The molecule has 0 spiro atoms. The fourth-order valence-electron chi connectivity index (χ4n) is 4.64. The Morgan fingerprint density at radius 1 is 0.972 bits per heavy atom. The third-order valence-electron chi connectivity index (χ3n) is 6.71. The Morgan fingerprint density at radius 2 is 1.69 bits per heavy atom. The summed E-state index contributed by atoms with van der Waals surface area (Å²) in [6.07, 6.45) is -2.38. The maximum Gasteiger partial charge on any atom is 0.418 e. The van der Waals surface area contributed by atoms with E-state index in [4.69, 9.17) is 0 Å². The molecule has 1 heterocycles. The third-order valence-corrected chi connectivity index (χ3v) is 7.87. The molecule has 1 aliphatic rings. The number of hydrogen-bond donors (Lipinski definition) is 2. The maximum atomic E-state index is 13.5. The lowest BCUT2D eigenvalue weighted by atomic mass is 9.72. The van der Waals surface area contributed by atoms with Gasteiger partial charge in [0.2, 0.25) is 0 Å². The summed E-state index contributed by atoms with van der Waals surface area (Å²) < 4.78 is 40.6. The molecule has 1 aliphatic carbocycles. The molecule has 1 atom stereocenters. The van der Waals surface area contributed by atoms with Crippen LogP contribution in [-0.4, -0.2) is 11.8 Å². The van der Waals surface area contributed by atoms with Gasteiger partial charge in [-0.3, -0.25) is 9.59 Å². The van der Waals surface area contributed by atoms with Crippen molar-refractivity contribution in [1.82, 2.24) is 0 Å². The largest absolute Gasteiger partial charge is 0.418 e. The first kappa shape index (κ1) is 25.9. The molecule has 1 aromatic heterocycles. The molecule has 4 nitrogen and oxygen atoms in total. The van der Waals surface area contributed by atoms with Crippen molar-refractivity contribution in [1.29, 1.82) is 0 Å². The van der Waals surface area contributed by atoms with Gasteiger partial charge < -0.3 is 10.6 Å². The minimum Gasteiger partial charge on any atom is -0.321 e. The zero-order valence-electron chi connectivity index (χ0n) is 20.7. The Morgan fingerprint density at radius 3 is 2.36 bits per heavy atom. The van der Waals surface area contributed by atoms with Crippen molar-refractivity contribution in [3.8, 4) is 0 Å². The zero-order valence-corrected chi connectivity index (χ0v) is 21.5. The molecule has 0 radical (unpaired) electrons. The number of halogens is 3. The van der Waals surface area contributed by atoms with E-state index in [1.807, 2.05) is 13.0 Å². The highest BCUT2D eigenvalue weighted by Gasteiger charge is 2.36. The Balaban J connectivity index is 1.72. The van der Waals surface area contributed by atoms with E-state index < -0.39 is 17.6 Å². The average Bonchev–Trinajstić information content (AvgIpc) is 3.15. The van der Waals surface area contributed by atoms with Crippen LogP contribution in [0.15, 0.2) is 48.5 Å². The first-order chi connectivity index (χ1) is 16.8. The van der Waals surface area contributed by atoms with E-state index >= 15 is 0 Å². The van der Waals surface area contributed by atoms with Crippen LogP contribution in [0.5, 0.6) is 0 Å². The van der Waals surface area contributed by atoms with E-state index in [0.29, 0.717) is 22.9 Å². The Labute approximate surface area is 212 Å².